The molecule has 1 aliphatic rings. The fourth-order valence-electron chi connectivity index (χ4n) is 3.11. The molecule has 27 heavy (non-hydrogen) atoms. The van der Waals surface area contributed by atoms with Crippen LogP contribution in [0.15, 0.2) is 34.5 Å². The van der Waals surface area contributed by atoms with Crippen molar-refractivity contribution in [3.63, 3.8) is 0 Å². The Kier molecular flexibility index (Phi) is 6.29. The molecule has 1 N–H and O–H groups in total. The maximum absolute atomic E-state index is 12.8. The number of nitrogens with one attached hydrogen (secondary N) is 1. The van der Waals surface area contributed by atoms with Crippen molar-refractivity contribution in [3.05, 3.63) is 45.9 Å². The van der Waals surface area contributed by atoms with Crippen LogP contribution in [0.25, 0.3) is 0 Å². The maximum Gasteiger partial charge on any atom is 0.243 e. The normalized spacial score (nSPS) is 16.4. The SMILES string of the molecule is CCC(=O)NCc1csc(C2CCN(S(=O)(=O)c3ccc(C)cc3)CC2)n1. The number of benzene rings is 1. The standard InChI is InChI=1S/C19H25N3O3S2/c1-3-18(23)20-12-16-13-26-19(21-16)15-8-10-22(11-9-15)27(24,25)17-6-4-14(2)5-7-17/h4-7,13,15H,3,8-12H2,1-2H3,(H,20,23). The van der Waals surface area contributed by atoms with E-state index in [0.29, 0.717) is 31.0 Å². The van der Waals surface area contributed by atoms with E-state index in [1.807, 2.05) is 31.4 Å². The van der Waals surface area contributed by atoms with Crippen molar-refractivity contribution in [2.45, 2.75) is 50.5 Å². The minimum Gasteiger partial charge on any atom is -0.350 e. The lowest BCUT2D eigenvalue weighted by atomic mass is 9.99. The summed E-state index contributed by atoms with van der Waals surface area (Å²) in [6, 6.07) is 7.00. The number of thiazole rings is 1. The Morgan fingerprint density at radius 2 is 1.93 bits per heavy atom. The van der Waals surface area contributed by atoms with Gasteiger partial charge in [0.25, 0.3) is 0 Å². The number of carbonyl (C=O) groups excluding carboxylic acids is 1. The van der Waals surface area contributed by atoms with Gasteiger partial charge in [0.1, 0.15) is 0 Å². The number of amides is 1. The van der Waals surface area contributed by atoms with Crippen molar-refractivity contribution in [2.75, 3.05) is 13.1 Å². The van der Waals surface area contributed by atoms with Gasteiger partial charge in [0.05, 0.1) is 22.1 Å². The second-order valence-corrected chi connectivity index (χ2v) is 9.63. The molecule has 1 amide bonds. The van der Waals surface area contributed by atoms with Gasteiger partial charge >= 0.3 is 0 Å². The molecule has 6 nitrogen and oxygen atoms in total. The quantitative estimate of drug-likeness (QED) is 0.798. The Morgan fingerprint density at radius 1 is 1.26 bits per heavy atom. The molecule has 2 aromatic rings. The molecule has 1 aromatic heterocycles. The highest BCUT2D eigenvalue weighted by Gasteiger charge is 2.30. The molecule has 3 rings (SSSR count). The Balaban J connectivity index is 1.59. The number of nitrogens with zero attached hydrogens (tertiary/aromatic N) is 2. The first-order valence-corrected chi connectivity index (χ1v) is 11.5. The summed E-state index contributed by atoms with van der Waals surface area (Å²) in [6.07, 6.45) is 1.99. The number of rotatable bonds is 6. The summed E-state index contributed by atoms with van der Waals surface area (Å²) in [5.41, 5.74) is 1.91. The molecule has 2 heterocycles. The van der Waals surface area contributed by atoms with Crippen molar-refractivity contribution >= 4 is 27.3 Å². The van der Waals surface area contributed by atoms with Gasteiger partial charge in [0.15, 0.2) is 0 Å². The lowest BCUT2D eigenvalue weighted by Gasteiger charge is -2.30. The second kappa shape index (κ2) is 8.50. The number of piperidine rings is 1. The molecule has 1 saturated heterocycles. The monoisotopic (exact) mass is 407 g/mol. The number of hydrogen-bond donors (Lipinski definition) is 1. The first-order chi connectivity index (χ1) is 12.9. The molecular weight excluding hydrogens is 382 g/mol. The van der Waals surface area contributed by atoms with E-state index >= 15 is 0 Å². The molecule has 0 aliphatic carbocycles. The van der Waals surface area contributed by atoms with Crippen LogP contribution in [0.4, 0.5) is 0 Å². The summed E-state index contributed by atoms with van der Waals surface area (Å²) >= 11 is 1.59. The molecule has 0 radical (unpaired) electrons. The molecule has 1 aromatic carbocycles. The van der Waals surface area contributed by atoms with Crippen LogP contribution in [-0.2, 0) is 21.4 Å². The van der Waals surface area contributed by atoms with Gasteiger partial charge in [-0.15, -0.1) is 11.3 Å². The summed E-state index contributed by atoms with van der Waals surface area (Å²) < 4.78 is 27.2. The van der Waals surface area contributed by atoms with E-state index in [0.717, 1.165) is 29.1 Å². The number of aryl methyl sites for hydroxylation is 1. The topological polar surface area (TPSA) is 79.4 Å². The second-order valence-electron chi connectivity index (χ2n) is 6.80. The summed E-state index contributed by atoms with van der Waals surface area (Å²) in [5, 5.41) is 5.84. The average Bonchev–Trinajstić information content (AvgIpc) is 3.15. The van der Waals surface area contributed by atoms with Gasteiger partial charge in [-0.05, 0) is 31.9 Å². The van der Waals surface area contributed by atoms with Crippen LogP contribution < -0.4 is 5.32 Å². The molecular formula is C19H25N3O3S2. The third-order valence-electron chi connectivity index (χ3n) is 4.82. The zero-order valence-electron chi connectivity index (χ0n) is 15.6. The van der Waals surface area contributed by atoms with E-state index in [1.165, 1.54) is 0 Å². The molecule has 0 atom stereocenters. The van der Waals surface area contributed by atoms with E-state index in [1.54, 1.807) is 27.8 Å². The van der Waals surface area contributed by atoms with E-state index in [-0.39, 0.29) is 11.8 Å². The first-order valence-electron chi connectivity index (χ1n) is 9.18. The molecule has 8 heteroatoms. The Bertz CT molecular complexity index is 883. The van der Waals surface area contributed by atoms with Crippen LogP contribution in [0.5, 0.6) is 0 Å². The number of carbonyl (C=O) groups is 1. The zero-order valence-corrected chi connectivity index (χ0v) is 17.3. The van der Waals surface area contributed by atoms with Gasteiger partial charge in [-0.1, -0.05) is 24.6 Å². The van der Waals surface area contributed by atoms with Gasteiger partial charge in [-0.25, -0.2) is 13.4 Å². The minimum atomic E-state index is -3.43. The predicted molar refractivity (Wildman–Crippen MR) is 106 cm³/mol. The smallest absolute Gasteiger partial charge is 0.243 e. The largest absolute Gasteiger partial charge is 0.350 e. The van der Waals surface area contributed by atoms with E-state index in [2.05, 4.69) is 10.3 Å². The fraction of sp³-hybridized carbons (Fsp3) is 0.474. The number of hydrogen-bond acceptors (Lipinski definition) is 5. The van der Waals surface area contributed by atoms with Crippen molar-refractivity contribution in [2.24, 2.45) is 0 Å². The third-order valence-corrected chi connectivity index (χ3v) is 7.79. The summed E-state index contributed by atoms with van der Waals surface area (Å²) in [4.78, 5) is 16.3. The number of sulfonamides is 1. The Morgan fingerprint density at radius 3 is 2.56 bits per heavy atom. The van der Waals surface area contributed by atoms with Crippen molar-refractivity contribution in [3.8, 4) is 0 Å². The van der Waals surface area contributed by atoms with Gasteiger partial charge in [0.2, 0.25) is 15.9 Å². The predicted octanol–water partition coefficient (Wildman–Crippen LogP) is 3.05. The highest BCUT2D eigenvalue weighted by atomic mass is 32.2. The first kappa shape index (κ1) is 20.0. The molecule has 0 saturated carbocycles. The van der Waals surface area contributed by atoms with Crippen molar-refractivity contribution < 1.29 is 13.2 Å². The van der Waals surface area contributed by atoms with E-state index in [9.17, 15) is 13.2 Å². The van der Waals surface area contributed by atoms with Crippen molar-refractivity contribution in [1.82, 2.24) is 14.6 Å². The van der Waals surface area contributed by atoms with Crippen molar-refractivity contribution in [1.29, 1.82) is 0 Å². The maximum atomic E-state index is 12.8. The molecule has 0 spiro atoms. The average molecular weight is 408 g/mol. The van der Waals surface area contributed by atoms with Gasteiger partial charge in [-0.3, -0.25) is 4.79 Å². The summed E-state index contributed by atoms with van der Waals surface area (Å²) in [7, 11) is -3.43. The van der Waals surface area contributed by atoms with E-state index < -0.39 is 10.0 Å². The van der Waals surface area contributed by atoms with E-state index in [4.69, 9.17) is 0 Å². The summed E-state index contributed by atoms with van der Waals surface area (Å²) in [6.45, 7) is 5.21. The highest BCUT2D eigenvalue weighted by Crippen LogP contribution is 2.32. The van der Waals surface area contributed by atoms with Crippen LogP contribution in [0.1, 0.15) is 48.4 Å². The molecule has 0 bridgehead atoms. The van der Waals surface area contributed by atoms with Gasteiger partial charge in [0, 0.05) is 30.8 Å². The van der Waals surface area contributed by atoms with Crippen LogP contribution in [0.3, 0.4) is 0 Å². The zero-order chi connectivity index (χ0) is 19.4. The molecule has 1 fully saturated rings. The Hall–Kier alpha value is -1.77. The lowest BCUT2D eigenvalue weighted by Crippen LogP contribution is -2.37. The molecule has 146 valence electrons. The minimum absolute atomic E-state index is 0.0131. The fourth-order valence-corrected chi connectivity index (χ4v) is 5.57. The Labute approximate surface area is 164 Å². The third kappa shape index (κ3) is 4.75. The van der Waals surface area contributed by atoms with Crippen LogP contribution >= 0.6 is 11.3 Å². The van der Waals surface area contributed by atoms with Gasteiger partial charge in [-0.2, -0.15) is 4.31 Å². The molecule has 1 aliphatic heterocycles. The van der Waals surface area contributed by atoms with Crippen LogP contribution in [0.2, 0.25) is 0 Å². The summed E-state index contributed by atoms with van der Waals surface area (Å²) in [5.74, 6) is 0.286. The van der Waals surface area contributed by atoms with Gasteiger partial charge < -0.3 is 5.32 Å². The highest BCUT2D eigenvalue weighted by molar-refractivity contribution is 7.89. The van der Waals surface area contributed by atoms with Crippen LogP contribution in [0, 0.1) is 6.92 Å². The lowest BCUT2D eigenvalue weighted by molar-refractivity contribution is -0.120. The molecule has 0 unspecified atom stereocenters. The van der Waals surface area contributed by atoms with Crippen LogP contribution in [-0.4, -0.2) is 36.7 Å². The number of aromatic nitrogens is 1.